The van der Waals surface area contributed by atoms with Crippen molar-refractivity contribution in [1.82, 2.24) is 4.90 Å². The highest BCUT2D eigenvalue weighted by Gasteiger charge is 2.51. The largest absolute Gasteiger partial charge is 0.508 e. The van der Waals surface area contributed by atoms with Crippen LogP contribution in [-0.4, -0.2) is 40.7 Å². The van der Waals surface area contributed by atoms with Gasteiger partial charge in [0.15, 0.2) is 0 Å². The molecular formula is C24H24FNO4. The number of ether oxygens (including phenoxy) is 1. The number of phenols is 1. The van der Waals surface area contributed by atoms with Gasteiger partial charge in [0.1, 0.15) is 23.9 Å². The van der Waals surface area contributed by atoms with Crippen LogP contribution in [0.1, 0.15) is 42.4 Å². The summed E-state index contributed by atoms with van der Waals surface area (Å²) in [6, 6.07) is 9.84. The molecule has 0 aromatic heterocycles. The van der Waals surface area contributed by atoms with Crippen LogP contribution in [0.15, 0.2) is 42.0 Å². The summed E-state index contributed by atoms with van der Waals surface area (Å²) in [4.78, 5) is 13.8. The van der Waals surface area contributed by atoms with Crippen molar-refractivity contribution in [2.24, 2.45) is 5.41 Å². The number of benzene rings is 2. The van der Waals surface area contributed by atoms with E-state index >= 15 is 0 Å². The van der Waals surface area contributed by atoms with Gasteiger partial charge in [-0.15, -0.1) is 0 Å². The lowest BCUT2D eigenvalue weighted by Crippen LogP contribution is -2.38. The number of carboxylic acids is 1. The van der Waals surface area contributed by atoms with Crippen molar-refractivity contribution >= 4 is 11.5 Å². The zero-order chi connectivity index (χ0) is 20.9. The highest BCUT2D eigenvalue weighted by molar-refractivity contribution is 5.87. The summed E-state index contributed by atoms with van der Waals surface area (Å²) in [5.74, 6) is -0.144. The van der Waals surface area contributed by atoms with E-state index in [2.05, 4.69) is 4.90 Å². The van der Waals surface area contributed by atoms with E-state index in [1.54, 1.807) is 24.3 Å². The summed E-state index contributed by atoms with van der Waals surface area (Å²) in [5, 5.41) is 19.6. The molecule has 1 saturated heterocycles. The number of phenolic OH excluding ortho intramolecular Hbond substituents is 1. The topological polar surface area (TPSA) is 70.0 Å². The van der Waals surface area contributed by atoms with Crippen LogP contribution in [0, 0.1) is 11.2 Å². The SMILES string of the molecule is O=C(O)C1(CN2CCC(=C3c4ccc(F)cc4COc4ccc(O)cc43)CC2)CC1. The molecule has 6 heteroatoms. The van der Waals surface area contributed by atoms with E-state index in [1.165, 1.54) is 17.7 Å². The normalized spacial score (nSPS) is 20.0. The first-order valence-corrected chi connectivity index (χ1v) is 10.4. The first-order valence-electron chi connectivity index (χ1n) is 10.4. The molecule has 2 aliphatic heterocycles. The predicted molar refractivity (Wildman–Crippen MR) is 110 cm³/mol. The third kappa shape index (κ3) is 3.35. The molecule has 156 valence electrons. The standard InChI is InChI=1S/C24H24FNO4/c25-17-1-3-19-16(11-17)13-30-21-4-2-18(27)12-20(21)22(19)15-5-9-26(10-6-15)14-24(7-8-24)23(28)29/h1-4,11-12,27H,5-10,13-14H2,(H,28,29). The van der Waals surface area contributed by atoms with E-state index in [1.807, 2.05) is 0 Å². The number of nitrogens with zero attached hydrogens (tertiary/aromatic N) is 1. The van der Waals surface area contributed by atoms with Crippen molar-refractivity contribution in [1.29, 1.82) is 0 Å². The fraction of sp³-hybridized carbons (Fsp3) is 0.375. The molecule has 0 atom stereocenters. The maximum atomic E-state index is 13.9. The fourth-order valence-electron chi connectivity index (χ4n) is 4.70. The minimum absolute atomic E-state index is 0.163. The number of carbonyl (C=O) groups is 1. The molecule has 0 spiro atoms. The van der Waals surface area contributed by atoms with Gasteiger partial charge in [0.25, 0.3) is 0 Å². The second-order valence-electron chi connectivity index (χ2n) is 8.61. The van der Waals surface area contributed by atoms with Gasteiger partial charge in [-0.05, 0) is 67.2 Å². The van der Waals surface area contributed by atoms with Gasteiger partial charge in [0.2, 0.25) is 0 Å². The Labute approximate surface area is 174 Å². The van der Waals surface area contributed by atoms with Crippen molar-refractivity contribution in [3.8, 4) is 11.5 Å². The minimum Gasteiger partial charge on any atom is -0.508 e. The Balaban J connectivity index is 1.51. The van der Waals surface area contributed by atoms with E-state index < -0.39 is 11.4 Å². The number of likely N-dealkylation sites (tertiary alicyclic amines) is 1. The maximum absolute atomic E-state index is 13.9. The molecule has 2 aromatic rings. The summed E-state index contributed by atoms with van der Waals surface area (Å²) in [5.41, 5.74) is 4.24. The summed E-state index contributed by atoms with van der Waals surface area (Å²) in [6.45, 7) is 2.46. The van der Waals surface area contributed by atoms with Gasteiger partial charge in [0, 0.05) is 30.8 Å². The Morgan fingerprint density at radius 3 is 2.57 bits per heavy atom. The molecule has 0 bridgehead atoms. The molecule has 2 N–H and O–H groups in total. The number of fused-ring (bicyclic) bond motifs is 2. The summed E-state index contributed by atoms with van der Waals surface area (Å²) in [6.07, 6.45) is 3.12. The van der Waals surface area contributed by atoms with E-state index in [0.29, 0.717) is 12.3 Å². The van der Waals surface area contributed by atoms with Crippen LogP contribution < -0.4 is 4.74 Å². The van der Waals surface area contributed by atoms with Crippen LogP contribution in [0.3, 0.4) is 0 Å². The van der Waals surface area contributed by atoms with Gasteiger partial charge in [-0.1, -0.05) is 11.6 Å². The van der Waals surface area contributed by atoms with Crippen LogP contribution in [0.4, 0.5) is 4.39 Å². The number of halogens is 1. The number of rotatable bonds is 3. The number of aromatic hydroxyl groups is 1. The van der Waals surface area contributed by atoms with Gasteiger partial charge < -0.3 is 19.8 Å². The Kier molecular flexibility index (Phi) is 4.54. The molecule has 1 aliphatic carbocycles. The van der Waals surface area contributed by atoms with Gasteiger partial charge in [-0.25, -0.2) is 4.39 Å². The summed E-state index contributed by atoms with van der Waals surface area (Å²) < 4.78 is 19.8. The van der Waals surface area contributed by atoms with Crippen molar-refractivity contribution in [3.63, 3.8) is 0 Å². The zero-order valence-corrected chi connectivity index (χ0v) is 16.7. The molecule has 1 saturated carbocycles. The van der Waals surface area contributed by atoms with E-state index in [-0.39, 0.29) is 18.2 Å². The average Bonchev–Trinajstić information content (AvgIpc) is 3.52. The smallest absolute Gasteiger partial charge is 0.310 e. The van der Waals surface area contributed by atoms with E-state index in [9.17, 15) is 19.4 Å². The average molecular weight is 409 g/mol. The lowest BCUT2D eigenvalue weighted by atomic mass is 9.86. The second kappa shape index (κ2) is 7.13. The highest BCUT2D eigenvalue weighted by atomic mass is 19.1. The van der Waals surface area contributed by atoms with Crippen LogP contribution >= 0.6 is 0 Å². The molecule has 5 rings (SSSR count). The van der Waals surface area contributed by atoms with Gasteiger partial charge in [-0.2, -0.15) is 0 Å². The lowest BCUT2D eigenvalue weighted by molar-refractivity contribution is -0.144. The van der Waals surface area contributed by atoms with Crippen molar-refractivity contribution in [2.75, 3.05) is 19.6 Å². The Morgan fingerprint density at radius 1 is 1.10 bits per heavy atom. The Hall–Kier alpha value is -2.86. The maximum Gasteiger partial charge on any atom is 0.310 e. The summed E-state index contributed by atoms with van der Waals surface area (Å²) in [7, 11) is 0. The highest BCUT2D eigenvalue weighted by Crippen LogP contribution is 2.47. The van der Waals surface area contributed by atoms with Crippen LogP contribution in [-0.2, 0) is 11.4 Å². The molecule has 5 nitrogen and oxygen atoms in total. The molecule has 30 heavy (non-hydrogen) atoms. The van der Waals surface area contributed by atoms with Crippen LogP contribution in [0.2, 0.25) is 0 Å². The molecule has 2 fully saturated rings. The third-order valence-electron chi connectivity index (χ3n) is 6.60. The number of carboxylic acid groups (broad SMARTS) is 1. The quantitative estimate of drug-likeness (QED) is 0.796. The monoisotopic (exact) mass is 409 g/mol. The molecule has 2 heterocycles. The molecule has 2 aromatic carbocycles. The van der Waals surface area contributed by atoms with Gasteiger partial charge >= 0.3 is 5.97 Å². The number of hydrogen-bond acceptors (Lipinski definition) is 4. The van der Waals surface area contributed by atoms with Crippen molar-refractivity contribution < 1.29 is 24.1 Å². The van der Waals surface area contributed by atoms with Gasteiger partial charge in [0.05, 0.1) is 5.41 Å². The fourth-order valence-corrected chi connectivity index (χ4v) is 4.70. The van der Waals surface area contributed by atoms with Crippen molar-refractivity contribution in [2.45, 2.75) is 32.3 Å². The first kappa shape index (κ1) is 19.1. The molecule has 3 aliphatic rings. The third-order valence-corrected chi connectivity index (χ3v) is 6.60. The number of aliphatic carboxylic acids is 1. The number of piperidine rings is 1. The summed E-state index contributed by atoms with van der Waals surface area (Å²) >= 11 is 0. The zero-order valence-electron chi connectivity index (χ0n) is 16.7. The molecular weight excluding hydrogens is 385 g/mol. The predicted octanol–water partition coefficient (Wildman–Crippen LogP) is 4.19. The first-order chi connectivity index (χ1) is 14.4. The lowest BCUT2D eigenvalue weighted by Gasteiger charge is -2.32. The van der Waals surface area contributed by atoms with Crippen LogP contribution in [0.5, 0.6) is 11.5 Å². The minimum atomic E-state index is -0.687. The Bertz CT molecular complexity index is 1050. The molecule has 0 unspecified atom stereocenters. The van der Waals surface area contributed by atoms with Crippen molar-refractivity contribution in [3.05, 3.63) is 64.5 Å². The molecule has 0 radical (unpaired) electrons. The van der Waals surface area contributed by atoms with E-state index in [4.69, 9.17) is 4.74 Å². The second-order valence-corrected chi connectivity index (χ2v) is 8.61. The number of hydrogen-bond donors (Lipinski definition) is 2. The van der Waals surface area contributed by atoms with Gasteiger partial charge in [-0.3, -0.25) is 4.79 Å². The van der Waals surface area contributed by atoms with Crippen LogP contribution in [0.25, 0.3) is 5.57 Å². The Morgan fingerprint density at radius 2 is 1.87 bits per heavy atom. The van der Waals surface area contributed by atoms with E-state index in [0.717, 1.165) is 61.0 Å². The molecule has 0 amide bonds.